The van der Waals surface area contributed by atoms with Gasteiger partial charge in [0, 0.05) is 29.3 Å². The van der Waals surface area contributed by atoms with E-state index in [9.17, 15) is 9.59 Å². The van der Waals surface area contributed by atoms with Gasteiger partial charge in [0.05, 0.1) is 12.7 Å². The van der Waals surface area contributed by atoms with Gasteiger partial charge in [-0.15, -0.1) is 0 Å². The van der Waals surface area contributed by atoms with Crippen molar-refractivity contribution in [3.63, 3.8) is 0 Å². The topological polar surface area (TPSA) is 55.4 Å². The molecule has 1 unspecified atom stereocenters. The molecule has 0 aromatic carbocycles. The molecule has 4 nitrogen and oxygen atoms in total. The number of ketones is 1. The Morgan fingerprint density at radius 2 is 2.05 bits per heavy atom. The minimum atomic E-state index is -0.331. The summed E-state index contributed by atoms with van der Waals surface area (Å²) in [5.41, 5.74) is 3.22. The van der Waals surface area contributed by atoms with Gasteiger partial charge in [-0.2, -0.15) is 0 Å². The van der Waals surface area contributed by atoms with Gasteiger partial charge in [-0.25, -0.2) is 4.79 Å². The van der Waals surface area contributed by atoms with Crippen molar-refractivity contribution in [1.82, 2.24) is 5.32 Å². The Kier molecular flexibility index (Phi) is 4.26. The average Bonchev–Trinajstić information content (AvgIpc) is 2.36. The van der Waals surface area contributed by atoms with E-state index in [-0.39, 0.29) is 23.1 Å². The molecule has 0 saturated heterocycles. The largest absolute Gasteiger partial charge is 0.466 e. The van der Waals surface area contributed by atoms with Gasteiger partial charge < -0.3 is 10.1 Å². The van der Waals surface area contributed by atoms with Crippen molar-refractivity contribution in [3.05, 3.63) is 22.5 Å². The van der Waals surface area contributed by atoms with Gasteiger partial charge in [0.2, 0.25) is 0 Å². The summed E-state index contributed by atoms with van der Waals surface area (Å²) < 4.78 is 4.92. The summed E-state index contributed by atoms with van der Waals surface area (Å²) in [5, 5.41) is 3.30. The van der Waals surface area contributed by atoms with Gasteiger partial charge in [-0.1, -0.05) is 27.2 Å². The van der Waals surface area contributed by atoms with E-state index in [1.54, 1.807) is 0 Å². The summed E-state index contributed by atoms with van der Waals surface area (Å²) in [6.45, 7) is 8.19. The predicted molar refractivity (Wildman–Crippen MR) is 81.3 cm³/mol. The third kappa shape index (κ3) is 2.89. The summed E-state index contributed by atoms with van der Waals surface area (Å²) in [6, 6.07) is 0. The normalized spacial score (nSPS) is 24.6. The van der Waals surface area contributed by atoms with Crippen molar-refractivity contribution >= 4 is 11.8 Å². The van der Waals surface area contributed by atoms with Gasteiger partial charge in [0.25, 0.3) is 0 Å². The standard InChI is InChI=1S/C17H25NO3/c1-6-7-11-14(16(20)21-5)10(2)18-12-8-17(3,4)9-13(19)15(11)12/h11,18H,6-9H2,1-5H3. The number of Topliss-reactive ketones (excluding diaryl/α,β-unsaturated/α-hetero) is 1. The van der Waals surface area contributed by atoms with E-state index in [4.69, 9.17) is 4.74 Å². The van der Waals surface area contributed by atoms with E-state index < -0.39 is 0 Å². The highest BCUT2D eigenvalue weighted by Crippen LogP contribution is 2.44. The minimum Gasteiger partial charge on any atom is -0.466 e. The maximum absolute atomic E-state index is 12.6. The Balaban J connectivity index is 2.48. The quantitative estimate of drug-likeness (QED) is 0.812. The maximum atomic E-state index is 12.6. The predicted octanol–water partition coefficient (Wildman–Crippen LogP) is 3.10. The zero-order chi connectivity index (χ0) is 15.8. The summed E-state index contributed by atoms with van der Waals surface area (Å²) in [5.74, 6) is -0.286. The van der Waals surface area contributed by atoms with Crippen molar-refractivity contribution in [2.75, 3.05) is 7.11 Å². The molecule has 0 amide bonds. The molecular formula is C17H25NO3. The van der Waals surface area contributed by atoms with Gasteiger partial charge in [-0.05, 0) is 25.2 Å². The minimum absolute atomic E-state index is 0.0251. The fourth-order valence-corrected chi connectivity index (χ4v) is 3.53. The summed E-state index contributed by atoms with van der Waals surface area (Å²) in [6.07, 6.45) is 3.11. The smallest absolute Gasteiger partial charge is 0.336 e. The second-order valence-electron chi connectivity index (χ2n) is 6.83. The fourth-order valence-electron chi connectivity index (χ4n) is 3.53. The highest BCUT2D eigenvalue weighted by molar-refractivity contribution is 6.02. The van der Waals surface area contributed by atoms with Crippen LogP contribution in [0.25, 0.3) is 0 Å². The van der Waals surface area contributed by atoms with E-state index in [1.165, 1.54) is 7.11 Å². The Morgan fingerprint density at radius 1 is 1.38 bits per heavy atom. The summed E-state index contributed by atoms with van der Waals surface area (Å²) in [4.78, 5) is 24.7. The Bertz CT molecular complexity index is 540. The second kappa shape index (κ2) is 5.66. The lowest BCUT2D eigenvalue weighted by molar-refractivity contribution is -0.136. The van der Waals surface area contributed by atoms with Crippen LogP contribution in [0.5, 0.6) is 0 Å². The highest BCUT2D eigenvalue weighted by atomic mass is 16.5. The number of rotatable bonds is 3. The number of allylic oxidation sites excluding steroid dienone is 3. The number of hydrogen-bond donors (Lipinski definition) is 1. The molecule has 2 rings (SSSR count). The number of carbonyl (C=O) groups is 2. The summed E-state index contributed by atoms with van der Waals surface area (Å²) in [7, 11) is 1.39. The molecule has 0 saturated carbocycles. The first-order valence-electron chi connectivity index (χ1n) is 7.63. The molecule has 21 heavy (non-hydrogen) atoms. The second-order valence-corrected chi connectivity index (χ2v) is 6.83. The van der Waals surface area contributed by atoms with E-state index in [1.807, 2.05) is 6.92 Å². The molecule has 4 heteroatoms. The van der Waals surface area contributed by atoms with E-state index in [0.717, 1.165) is 36.2 Å². The number of carbonyl (C=O) groups excluding carboxylic acids is 2. The fraction of sp³-hybridized carbons (Fsp3) is 0.647. The first-order chi connectivity index (χ1) is 9.80. The van der Waals surface area contributed by atoms with Crippen LogP contribution in [0.3, 0.4) is 0 Å². The van der Waals surface area contributed by atoms with Crippen LogP contribution in [-0.2, 0) is 14.3 Å². The lowest BCUT2D eigenvalue weighted by Gasteiger charge is -2.39. The van der Waals surface area contributed by atoms with Crippen molar-refractivity contribution in [1.29, 1.82) is 0 Å². The first kappa shape index (κ1) is 15.8. The molecule has 0 fully saturated rings. The molecule has 0 radical (unpaired) electrons. The van der Waals surface area contributed by atoms with E-state index >= 15 is 0 Å². The zero-order valence-electron chi connectivity index (χ0n) is 13.6. The molecule has 1 aliphatic heterocycles. The van der Waals surface area contributed by atoms with Crippen molar-refractivity contribution in [2.24, 2.45) is 11.3 Å². The van der Waals surface area contributed by atoms with Crippen LogP contribution in [0.15, 0.2) is 22.5 Å². The number of ether oxygens (including phenoxy) is 1. The van der Waals surface area contributed by atoms with E-state index in [0.29, 0.717) is 12.0 Å². The molecule has 0 spiro atoms. The number of nitrogens with one attached hydrogen (secondary N) is 1. The van der Waals surface area contributed by atoms with Gasteiger partial charge in [0.1, 0.15) is 0 Å². The van der Waals surface area contributed by atoms with Gasteiger partial charge in [0.15, 0.2) is 5.78 Å². The van der Waals surface area contributed by atoms with Crippen molar-refractivity contribution < 1.29 is 14.3 Å². The maximum Gasteiger partial charge on any atom is 0.336 e. The highest BCUT2D eigenvalue weighted by Gasteiger charge is 2.41. The van der Waals surface area contributed by atoms with Gasteiger partial charge >= 0.3 is 5.97 Å². The van der Waals surface area contributed by atoms with E-state index in [2.05, 4.69) is 26.1 Å². The van der Waals surface area contributed by atoms with Gasteiger partial charge in [-0.3, -0.25) is 4.79 Å². The van der Waals surface area contributed by atoms with Crippen LogP contribution >= 0.6 is 0 Å². The molecule has 1 aliphatic carbocycles. The SMILES string of the molecule is CCCC1C(C(=O)OC)=C(C)NC2=C1C(=O)CC(C)(C)C2. The lowest BCUT2D eigenvalue weighted by Crippen LogP contribution is -2.39. The van der Waals surface area contributed by atoms with Crippen LogP contribution in [0.1, 0.15) is 53.4 Å². The molecule has 0 bridgehead atoms. The molecule has 1 atom stereocenters. The Morgan fingerprint density at radius 3 is 2.62 bits per heavy atom. The zero-order valence-corrected chi connectivity index (χ0v) is 13.6. The lowest BCUT2D eigenvalue weighted by atomic mass is 9.69. The van der Waals surface area contributed by atoms with Crippen LogP contribution in [0.2, 0.25) is 0 Å². The molecule has 0 aromatic heterocycles. The van der Waals surface area contributed by atoms with Crippen LogP contribution < -0.4 is 5.32 Å². The number of methoxy groups -OCH3 is 1. The first-order valence-corrected chi connectivity index (χ1v) is 7.63. The summed E-state index contributed by atoms with van der Waals surface area (Å²) >= 11 is 0. The third-order valence-corrected chi connectivity index (χ3v) is 4.34. The molecule has 2 aliphatic rings. The number of dihydropyridines is 1. The number of hydrogen-bond acceptors (Lipinski definition) is 4. The molecular weight excluding hydrogens is 266 g/mol. The third-order valence-electron chi connectivity index (χ3n) is 4.34. The molecule has 0 aromatic rings. The molecule has 116 valence electrons. The molecule has 1 heterocycles. The van der Waals surface area contributed by atoms with Crippen molar-refractivity contribution in [2.45, 2.75) is 53.4 Å². The monoisotopic (exact) mass is 291 g/mol. The Labute approximate surface area is 126 Å². The van der Waals surface area contributed by atoms with Crippen molar-refractivity contribution in [3.8, 4) is 0 Å². The van der Waals surface area contributed by atoms with Crippen LogP contribution in [0.4, 0.5) is 0 Å². The van der Waals surface area contributed by atoms with Crippen LogP contribution in [-0.4, -0.2) is 18.9 Å². The average molecular weight is 291 g/mol. The molecule has 1 N–H and O–H groups in total. The number of esters is 1. The Hall–Kier alpha value is -1.58. The van der Waals surface area contributed by atoms with Crippen LogP contribution in [0, 0.1) is 11.3 Å².